The molecule has 0 unspecified atom stereocenters. The van der Waals surface area contributed by atoms with Gasteiger partial charge in [0.2, 0.25) is 0 Å². The molecule has 3 aromatic rings. The summed E-state index contributed by atoms with van der Waals surface area (Å²) in [6.07, 6.45) is 3.94. The normalized spacial score (nSPS) is 11.5. The lowest BCUT2D eigenvalue weighted by Gasteiger charge is -2.22. The van der Waals surface area contributed by atoms with Gasteiger partial charge in [-0.15, -0.1) is 0 Å². The molecule has 0 saturated carbocycles. The zero-order chi connectivity index (χ0) is 18.8. The van der Waals surface area contributed by atoms with Crippen molar-refractivity contribution in [3.8, 4) is 17.1 Å². The highest BCUT2D eigenvalue weighted by Gasteiger charge is 2.18. The standard InChI is InChI=1S/C22H26BrN3/c1-14(2)19-6-5-7-20(15(3)4)21(19)26-9-8-25-22(26)17-10-16(13-24)11-18(23)12-17/h5-12,14-15H,13,24H2,1-4H3. The number of halogens is 1. The van der Waals surface area contributed by atoms with Crippen LogP contribution in [0.25, 0.3) is 17.1 Å². The van der Waals surface area contributed by atoms with Gasteiger partial charge in [-0.1, -0.05) is 61.8 Å². The van der Waals surface area contributed by atoms with Crippen LogP contribution >= 0.6 is 15.9 Å². The Bertz CT molecular complexity index is 883. The summed E-state index contributed by atoms with van der Waals surface area (Å²) in [5.74, 6) is 1.80. The molecule has 1 heterocycles. The summed E-state index contributed by atoms with van der Waals surface area (Å²) in [4.78, 5) is 4.68. The lowest BCUT2D eigenvalue weighted by molar-refractivity contribution is 0.806. The fraction of sp³-hybridized carbons (Fsp3) is 0.318. The molecular formula is C22H26BrN3. The summed E-state index contributed by atoms with van der Waals surface area (Å²) in [5.41, 5.74) is 11.9. The zero-order valence-corrected chi connectivity index (χ0v) is 17.4. The van der Waals surface area contributed by atoms with Gasteiger partial charge in [-0.3, -0.25) is 4.57 Å². The van der Waals surface area contributed by atoms with Crippen molar-refractivity contribution in [3.63, 3.8) is 0 Å². The van der Waals surface area contributed by atoms with Crippen LogP contribution in [-0.2, 0) is 6.54 Å². The van der Waals surface area contributed by atoms with Crippen molar-refractivity contribution >= 4 is 15.9 Å². The van der Waals surface area contributed by atoms with Gasteiger partial charge in [-0.2, -0.15) is 0 Å². The molecule has 4 heteroatoms. The molecule has 0 aliphatic heterocycles. The minimum Gasteiger partial charge on any atom is -0.326 e. The van der Waals surface area contributed by atoms with Gasteiger partial charge in [0.25, 0.3) is 0 Å². The van der Waals surface area contributed by atoms with Gasteiger partial charge in [-0.05, 0) is 46.7 Å². The molecule has 26 heavy (non-hydrogen) atoms. The van der Waals surface area contributed by atoms with Crippen LogP contribution < -0.4 is 5.73 Å². The van der Waals surface area contributed by atoms with Crippen LogP contribution in [0.5, 0.6) is 0 Å². The van der Waals surface area contributed by atoms with E-state index in [1.807, 2.05) is 6.20 Å². The van der Waals surface area contributed by atoms with E-state index >= 15 is 0 Å². The molecule has 0 radical (unpaired) electrons. The van der Waals surface area contributed by atoms with Crippen LogP contribution in [0.4, 0.5) is 0 Å². The Kier molecular flexibility index (Phi) is 5.64. The Hall–Kier alpha value is -1.91. The van der Waals surface area contributed by atoms with Gasteiger partial charge >= 0.3 is 0 Å². The van der Waals surface area contributed by atoms with Gasteiger partial charge in [0.05, 0.1) is 5.69 Å². The lowest BCUT2D eigenvalue weighted by Crippen LogP contribution is -2.08. The molecule has 0 fully saturated rings. The Morgan fingerprint density at radius 2 is 1.69 bits per heavy atom. The van der Waals surface area contributed by atoms with Crippen molar-refractivity contribution < 1.29 is 0 Å². The summed E-state index contributed by atoms with van der Waals surface area (Å²) in [5, 5.41) is 0. The highest BCUT2D eigenvalue weighted by Crippen LogP contribution is 2.34. The van der Waals surface area contributed by atoms with Crippen molar-refractivity contribution in [1.29, 1.82) is 0 Å². The minimum absolute atomic E-state index is 0.432. The number of nitrogens with zero attached hydrogens (tertiary/aromatic N) is 2. The molecule has 3 nitrogen and oxygen atoms in total. The first-order chi connectivity index (χ1) is 12.4. The third kappa shape index (κ3) is 3.62. The van der Waals surface area contributed by atoms with E-state index in [0.29, 0.717) is 18.4 Å². The van der Waals surface area contributed by atoms with E-state index in [1.165, 1.54) is 16.8 Å². The molecule has 1 aromatic heterocycles. The Morgan fingerprint density at radius 1 is 1.04 bits per heavy atom. The third-order valence-electron chi connectivity index (χ3n) is 4.68. The number of hydrogen-bond acceptors (Lipinski definition) is 2. The monoisotopic (exact) mass is 411 g/mol. The predicted molar refractivity (Wildman–Crippen MR) is 113 cm³/mol. The molecule has 0 spiro atoms. The maximum atomic E-state index is 5.87. The number of imidazole rings is 1. The van der Waals surface area contributed by atoms with Crippen LogP contribution in [0.1, 0.15) is 56.2 Å². The fourth-order valence-electron chi connectivity index (χ4n) is 3.38. The van der Waals surface area contributed by atoms with Crippen LogP contribution in [0.3, 0.4) is 0 Å². The van der Waals surface area contributed by atoms with Gasteiger partial charge in [0, 0.05) is 29.0 Å². The fourth-order valence-corrected chi connectivity index (χ4v) is 3.93. The minimum atomic E-state index is 0.432. The second-order valence-corrected chi connectivity index (χ2v) is 8.18. The van der Waals surface area contributed by atoms with Crippen molar-refractivity contribution in [2.24, 2.45) is 5.73 Å². The maximum Gasteiger partial charge on any atom is 0.144 e. The number of rotatable bonds is 5. The summed E-state index contributed by atoms with van der Waals surface area (Å²) >= 11 is 3.60. The SMILES string of the molecule is CC(C)c1cccc(C(C)C)c1-n1ccnc1-c1cc(Br)cc(CN)c1. The number of benzene rings is 2. The summed E-state index contributed by atoms with van der Waals surface area (Å²) in [6.45, 7) is 9.47. The van der Waals surface area contributed by atoms with E-state index in [-0.39, 0.29) is 0 Å². The Balaban J connectivity index is 2.26. The molecule has 0 aliphatic carbocycles. The van der Waals surface area contributed by atoms with Gasteiger partial charge in [-0.25, -0.2) is 4.98 Å². The molecule has 0 aliphatic rings. The van der Waals surface area contributed by atoms with Crippen molar-refractivity contribution in [2.45, 2.75) is 46.1 Å². The zero-order valence-electron chi connectivity index (χ0n) is 15.8. The summed E-state index contributed by atoms with van der Waals surface area (Å²) in [6, 6.07) is 12.9. The van der Waals surface area contributed by atoms with E-state index in [9.17, 15) is 0 Å². The van der Waals surface area contributed by atoms with Crippen LogP contribution in [0.2, 0.25) is 0 Å². The lowest BCUT2D eigenvalue weighted by atomic mass is 9.92. The maximum absolute atomic E-state index is 5.87. The van der Waals surface area contributed by atoms with Crippen molar-refractivity contribution in [3.05, 3.63) is 70.0 Å². The molecule has 0 bridgehead atoms. The summed E-state index contributed by atoms with van der Waals surface area (Å²) < 4.78 is 3.25. The van der Waals surface area contributed by atoms with E-state index in [0.717, 1.165) is 21.4 Å². The molecular weight excluding hydrogens is 386 g/mol. The molecule has 2 N–H and O–H groups in total. The highest BCUT2D eigenvalue weighted by atomic mass is 79.9. The van der Waals surface area contributed by atoms with E-state index in [2.05, 4.69) is 95.8 Å². The molecule has 136 valence electrons. The molecule has 0 saturated heterocycles. The molecule has 0 amide bonds. The predicted octanol–water partition coefficient (Wildman–Crippen LogP) is 6.01. The topological polar surface area (TPSA) is 43.8 Å². The van der Waals surface area contributed by atoms with Gasteiger partial charge in [0.1, 0.15) is 5.82 Å². The first-order valence-corrected chi connectivity index (χ1v) is 9.88. The Labute approximate surface area is 164 Å². The van der Waals surface area contributed by atoms with E-state index in [1.54, 1.807) is 0 Å². The van der Waals surface area contributed by atoms with Crippen LogP contribution in [-0.4, -0.2) is 9.55 Å². The number of hydrogen-bond donors (Lipinski definition) is 1. The van der Waals surface area contributed by atoms with Crippen LogP contribution in [0.15, 0.2) is 53.3 Å². The molecule has 0 atom stereocenters. The number of nitrogens with two attached hydrogens (primary N) is 1. The molecule has 2 aromatic carbocycles. The number of para-hydroxylation sites is 1. The smallest absolute Gasteiger partial charge is 0.144 e. The van der Waals surface area contributed by atoms with Gasteiger partial charge < -0.3 is 5.73 Å². The van der Waals surface area contributed by atoms with E-state index < -0.39 is 0 Å². The second kappa shape index (κ2) is 7.77. The second-order valence-electron chi connectivity index (χ2n) is 7.27. The van der Waals surface area contributed by atoms with Crippen LogP contribution in [0, 0.1) is 0 Å². The van der Waals surface area contributed by atoms with Gasteiger partial charge in [0.15, 0.2) is 0 Å². The van der Waals surface area contributed by atoms with E-state index in [4.69, 9.17) is 5.73 Å². The first-order valence-electron chi connectivity index (χ1n) is 9.08. The number of aromatic nitrogens is 2. The molecule has 3 rings (SSSR count). The Morgan fingerprint density at radius 3 is 2.27 bits per heavy atom. The first kappa shape index (κ1) is 18.9. The summed E-state index contributed by atoms with van der Waals surface area (Å²) in [7, 11) is 0. The average molecular weight is 412 g/mol. The third-order valence-corrected chi connectivity index (χ3v) is 5.13. The van der Waals surface area contributed by atoms with Crippen molar-refractivity contribution in [1.82, 2.24) is 9.55 Å². The quantitative estimate of drug-likeness (QED) is 0.558. The van der Waals surface area contributed by atoms with Crippen molar-refractivity contribution in [2.75, 3.05) is 0 Å². The largest absolute Gasteiger partial charge is 0.326 e. The highest BCUT2D eigenvalue weighted by molar-refractivity contribution is 9.10. The average Bonchev–Trinajstić information content (AvgIpc) is 3.09.